The molecule has 0 aliphatic rings. The van der Waals surface area contributed by atoms with E-state index >= 15 is 0 Å². The van der Waals surface area contributed by atoms with Gasteiger partial charge in [0.25, 0.3) is 0 Å². The number of pyridine rings is 1. The molecule has 0 fully saturated rings. The van der Waals surface area contributed by atoms with Crippen molar-refractivity contribution in [3.63, 3.8) is 0 Å². The molecule has 3 heteroatoms. The number of nitrogens with one attached hydrogen (secondary N) is 1. The fraction of sp³-hybridized carbons (Fsp3) is 0.118. The Morgan fingerprint density at radius 1 is 0.950 bits per heavy atom. The Bertz CT molecular complexity index is 711. The molecule has 0 saturated carbocycles. The predicted octanol–water partition coefficient (Wildman–Crippen LogP) is 4.46. The van der Waals surface area contributed by atoms with Crippen molar-refractivity contribution >= 4 is 16.7 Å². The highest BCUT2D eigenvalue weighted by atomic mass is 16.5. The first kappa shape index (κ1) is 12.5. The monoisotopic (exact) mass is 264 g/mol. The molecule has 3 rings (SSSR count). The number of hydrogen-bond donors (Lipinski definition) is 1. The van der Waals surface area contributed by atoms with Crippen LogP contribution in [0, 0.1) is 0 Å². The summed E-state index contributed by atoms with van der Waals surface area (Å²) in [5, 5.41) is 4.28. The lowest BCUT2D eigenvalue weighted by molar-refractivity contribution is 0.483. The molecule has 0 aliphatic carbocycles. The summed E-state index contributed by atoms with van der Waals surface area (Å²) in [6, 6.07) is 19.7. The maximum atomic E-state index is 5.82. The number of nitrogens with zero attached hydrogens (tertiary/aromatic N) is 1. The number of benzene rings is 2. The molecular weight excluding hydrogens is 248 g/mol. The Morgan fingerprint density at radius 2 is 1.80 bits per heavy atom. The van der Waals surface area contributed by atoms with Crippen LogP contribution in [0.25, 0.3) is 10.9 Å². The number of aromatic nitrogens is 1. The van der Waals surface area contributed by atoms with Crippen LogP contribution < -0.4 is 10.1 Å². The van der Waals surface area contributed by atoms with Gasteiger partial charge in [-0.3, -0.25) is 0 Å². The standard InChI is InChI=1S/C17H16N2O/c1-2-18-17-11-8-13-12-15(9-10-16(13)19-17)20-14-6-4-3-5-7-14/h3-12H,2H2,1H3,(H,18,19). The average Bonchev–Trinajstić information content (AvgIpc) is 2.49. The van der Waals surface area contributed by atoms with Gasteiger partial charge in [0, 0.05) is 11.9 Å². The molecule has 1 aromatic heterocycles. The van der Waals surface area contributed by atoms with Crippen LogP contribution in [-0.4, -0.2) is 11.5 Å². The van der Waals surface area contributed by atoms with E-state index in [1.807, 2.05) is 54.6 Å². The first-order chi connectivity index (χ1) is 9.85. The molecule has 0 bridgehead atoms. The van der Waals surface area contributed by atoms with E-state index in [1.54, 1.807) is 0 Å². The summed E-state index contributed by atoms with van der Waals surface area (Å²) in [6.45, 7) is 2.93. The molecule has 1 heterocycles. The summed E-state index contributed by atoms with van der Waals surface area (Å²) in [7, 11) is 0. The average molecular weight is 264 g/mol. The lowest BCUT2D eigenvalue weighted by Crippen LogP contribution is -1.98. The molecule has 3 aromatic rings. The minimum absolute atomic E-state index is 0.821. The Kier molecular flexibility index (Phi) is 3.50. The van der Waals surface area contributed by atoms with Crippen molar-refractivity contribution in [3.05, 3.63) is 60.7 Å². The molecule has 0 radical (unpaired) electrons. The molecule has 2 aromatic carbocycles. The zero-order valence-corrected chi connectivity index (χ0v) is 11.3. The van der Waals surface area contributed by atoms with Crippen molar-refractivity contribution in [3.8, 4) is 11.5 Å². The van der Waals surface area contributed by atoms with Gasteiger partial charge in [0.15, 0.2) is 0 Å². The Morgan fingerprint density at radius 3 is 2.60 bits per heavy atom. The largest absolute Gasteiger partial charge is 0.457 e. The van der Waals surface area contributed by atoms with Crippen LogP contribution in [0.15, 0.2) is 60.7 Å². The smallest absolute Gasteiger partial charge is 0.128 e. The second-order valence-electron chi connectivity index (χ2n) is 4.50. The number of fused-ring (bicyclic) bond motifs is 1. The summed E-state index contributed by atoms with van der Waals surface area (Å²) in [6.07, 6.45) is 0. The van der Waals surface area contributed by atoms with Gasteiger partial charge in [-0.2, -0.15) is 0 Å². The van der Waals surface area contributed by atoms with E-state index in [1.165, 1.54) is 0 Å². The van der Waals surface area contributed by atoms with Crippen LogP contribution in [0.3, 0.4) is 0 Å². The van der Waals surface area contributed by atoms with E-state index in [0.29, 0.717) is 0 Å². The molecule has 0 saturated heterocycles. The van der Waals surface area contributed by atoms with Crippen molar-refractivity contribution < 1.29 is 4.74 Å². The number of hydrogen-bond acceptors (Lipinski definition) is 3. The SMILES string of the molecule is CCNc1ccc2cc(Oc3ccccc3)ccc2n1. The third-order valence-electron chi connectivity index (χ3n) is 3.00. The summed E-state index contributed by atoms with van der Waals surface area (Å²) < 4.78 is 5.82. The van der Waals surface area contributed by atoms with Crippen LogP contribution in [0.1, 0.15) is 6.92 Å². The number of para-hydroxylation sites is 1. The summed E-state index contributed by atoms with van der Waals surface area (Å²) in [4.78, 5) is 4.55. The lowest BCUT2D eigenvalue weighted by Gasteiger charge is -2.08. The molecular formula is C17H16N2O. The lowest BCUT2D eigenvalue weighted by atomic mass is 10.2. The van der Waals surface area contributed by atoms with Crippen molar-refractivity contribution in [1.29, 1.82) is 0 Å². The van der Waals surface area contributed by atoms with Crippen LogP contribution in [0.5, 0.6) is 11.5 Å². The highest BCUT2D eigenvalue weighted by Crippen LogP contribution is 2.25. The van der Waals surface area contributed by atoms with Gasteiger partial charge in [-0.15, -0.1) is 0 Å². The predicted molar refractivity (Wildman–Crippen MR) is 82.4 cm³/mol. The van der Waals surface area contributed by atoms with Gasteiger partial charge >= 0.3 is 0 Å². The normalized spacial score (nSPS) is 10.4. The maximum Gasteiger partial charge on any atom is 0.128 e. The van der Waals surface area contributed by atoms with Gasteiger partial charge < -0.3 is 10.1 Å². The van der Waals surface area contributed by atoms with E-state index in [4.69, 9.17) is 4.74 Å². The van der Waals surface area contributed by atoms with E-state index in [2.05, 4.69) is 23.3 Å². The van der Waals surface area contributed by atoms with Gasteiger partial charge in [-0.25, -0.2) is 4.98 Å². The van der Waals surface area contributed by atoms with Gasteiger partial charge in [-0.1, -0.05) is 18.2 Å². The highest BCUT2D eigenvalue weighted by molar-refractivity contribution is 5.81. The topological polar surface area (TPSA) is 34.1 Å². The summed E-state index contributed by atoms with van der Waals surface area (Å²) >= 11 is 0. The minimum atomic E-state index is 0.821. The van der Waals surface area contributed by atoms with E-state index in [9.17, 15) is 0 Å². The fourth-order valence-electron chi connectivity index (χ4n) is 2.07. The third-order valence-corrected chi connectivity index (χ3v) is 3.00. The van der Waals surface area contributed by atoms with Crippen LogP contribution in [0.2, 0.25) is 0 Å². The first-order valence-electron chi connectivity index (χ1n) is 6.73. The Hall–Kier alpha value is -2.55. The molecule has 0 aliphatic heterocycles. The molecule has 1 N–H and O–H groups in total. The van der Waals surface area contributed by atoms with E-state index < -0.39 is 0 Å². The quantitative estimate of drug-likeness (QED) is 0.755. The van der Waals surface area contributed by atoms with Crippen molar-refractivity contribution in [2.75, 3.05) is 11.9 Å². The van der Waals surface area contributed by atoms with Crippen molar-refractivity contribution in [1.82, 2.24) is 4.98 Å². The fourth-order valence-corrected chi connectivity index (χ4v) is 2.07. The molecule has 3 nitrogen and oxygen atoms in total. The summed E-state index contributed by atoms with van der Waals surface area (Å²) in [5.41, 5.74) is 0.962. The van der Waals surface area contributed by atoms with Gasteiger partial charge in [0.1, 0.15) is 17.3 Å². The second kappa shape index (κ2) is 5.61. The number of ether oxygens (including phenoxy) is 1. The highest BCUT2D eigenvalue weighted by Gasteiger charge is 2.01. The van der Waals surface area contributed by atoms with Crippen molar-refractivity contribution in [2.45, 2.75) is 6.92 Å². The van der Waals surface area contributed by atoms with Crippen molar-refractivity contribution in [2.24, 2.45) is 0 Å². The van der Waals surface area contributed by atoms with E-state index in [0.717, 1.165) is 34.8 Å². The zero-order valence-electron chi connectivity index (χ0n) is 11.3. The summed E-state index contributed by atoms with van der Waals surface area (Å²) in [5.74, 6) is 2.56. The second-order valence-corrected chi connectivity index (χ2v) is 4.50. The molecule has 20 heavy (non-hydrogen) atoms. The Balaban J connectivity index is 1.89. The number of anilines is 1. The van der Waals surface area contributed by atoms with E-state index in [-0.39, 0.29) is 0 Å². The molecule has 0 amide bonds. The van der Waals surface area contributed by atoms with Crippen LogP contribution in [-0.2, 0) is 0 Å². The molecule has 0 atom stereocenters. The molecule has 0 spiro atoms. The van der Waals surface area contributed by atoms with Gasteiger partial charge in [-0.05, 0) is 49.4 Å². The first-order valence-corrected chi connectivity index (χ1v) is 6.73. The van der Waals surface area contributed by atoms with Gasteiger partial charge in [0.2, 0.25) is 0 Å². The van der Waals surface area contributed by atoms with Crippen LogP contribution in [0.4, 0.5) is 5.82 Å². The van der Waals surface area contributed by atoms with Crippen LogP contribution >= 0.6 is 0 Å². The van der Waals surface area contributed by atoms with Gasteiger partial charge in [0.05, 0.1) is 5.52 Å². The number of rotatable bonds is 4. The maximum absolute atomic E-state index is 5.82. The molecule has 0 unspecified atom stereocenters. The Labute approximate surface area is 118 Å². The third kappa shape index (κ3) is 2.72. The minimum Gasteiger partial charge on any atom is -0.457 e. The molecule has 100 valence electrons. The zero-order chi connectivity index (χ0) is 13.8.